The zero-order chi connectivity index (χ0) is 14.0. The van der Waals surface area contributed by atoms with Gasteiger partial charge in [-0.15, -0.1) is 0 Å². The molecule has 1 aliphatic rings. The van der Waals surface area contributed by atoms with E-state index in [1.54, 1.807) is 0 Å². The molecule has 1 aromatic heterocycles. The van der Waals surface area contributed by atoms with E-state index < -0.39 is 24.6 Å². The molecule has 102 valence electrons. The Kier molecular flexibility index (Phi) is 3.72. The van der Waals surface area contributed by atoms with Gasteiger partial charge in [-0.3, -0.25) is 4.57 Å². The molecule has 6 nitrogen and oxygen atoms in total. The lowest BCUT2D eigenvalue weighted by molar-refractivity contribution is -0.00858. The number of aromatic nitrogens is 2. The molecule has 2 atom stereocenters. The quantitative estimate of drug-likeness (QED) is 0.813. The van der Waals surface area contributed by atoms with Crippen LogP contribution in [0.4, 0.5) is 14.6 Å². The lowest BCUT2D eigenvalue weighted by atomic mass is 10.1. The summed E-state index contributed by atoms with van der Waals surface area (Å²) in [5, 5.41) is 9.05. The molecule has 2 heterocycles. The van der Waals surface area contributed by atoms with Crippen LogP contribution in [-0.4, -0.2) is 27.4 Å². The average molecular weight is 271 g/mol. The van der Waals surface area contributed by atoms with Gasteiger partial charge >= 0.3 is 5.69 Å². The number of aliphatic hydroxyl groups excluding tert-OH is 1. The largest absolute Gasteiger partial charge is 0.393 e. The van der Waals surface area contributed by atoms with E-state index >= 15 is 0 Å². The average Bonchev–Trinajstić information content (AvgIpc) is 2.76. The molecule has 19 heavy (non-hydrogen) atoms. The van der Waals surface area contributed by atoms with Gasteiger partial charge in [0.2, 0.25) is 0 Å². The topological polar surface area (TPSA) is 90.4 Å². The Labute approximate surface area is 106 Å². The Hall–Kier alpha value is -2.06. The molecule has 0 aliphatic carbocycles. The second kappa shape index (κ2) is 5.29. The van der Waals surface area contributed by atoms with Gasteiger partial charge in [0.15, 0.2) is 6.23 Å². The van der Waals surface area contributed by atoms with E-state index in [1.165, 1.54) is 12.3 Å². The van der Waals surface area contributed by atoms with Crippen molar-refractivity contribution in [2.24, 2.45) is 0 Å². The van der Waals surface area contributed by atoms with Crippen molar-refractivity contribution >= 4 is 5.82 Å². The van der Waals surface area contributed by atoms with E-state index in [4.69, 9.17) is 15.6 Å². The van der Waals surface area contributed by atoms with Crippen LogP contribution >= 0.6 is 0 Å². The number of anilines is 1. The standard InChI is InChI=1S/C11H11F2N3O3/c12-3-6-7(4-13)10(19-8(6)5-17)16-2-1-9(14)15-11(16)18/h1-4,8,10,17H,5H2,(H2,14,15,18)/b6-3+,7-4+. The molecule has 8 heteroatoms. The van der Waals surface area contributed by atoms with Crippen LogP contribution in [0.25, 0.3) is 0 Å². The molecule has 1 aromatic rings. The van der Waals surface area contributed by atoms with Gasteiger partial charge in [-0.1, -0.05) is 0 Å². The SMILES string of the molecule is Nc1ccn(C2OC(CO)C(=C/F)/C2=C\F)c(=O)n1. The summed E-state index contributed by atoms with van der Waals surface area (Å²) < 4.78 is 31.8. The first kappa shape index (κ1) is 13.4. The third-order valence-corrected chi connectivity index (χ3v) is 2.74. The summed E-state index contributed by atoms with van der Waals surface area (Å²) in [6.45, 7) is -0.541. The number of nitrogen functional groups attached to an aromatic ring is 1. The molecule has 0 radical (unpaired) electrons. The van der Waals surface area contributed by atoms with Crippen molar-refractivity contribution in [3.05, 3.63) is 46.6 Å². The molecule has 2 rings (SSSR count). The highest BCUT2D eigenvalue weighted by molar-refractivity contribution is 5.38. The molecule has 1 saturated heterocycles. The summed E-state index contributed by atoms with van der Waals surface area (Å²) in [5.41, 5.74) is 4.23. The van der Waals surface area contributed by atoms with Crippen LogP contribution in [0.3, 0.4) is 0 Å². The van der Waals surface area contributed by atoms with E-state index in [-0.39, 0.29) is 29.6 Å². The fourth-order valence-electron chi connectivity index (χ4n) is 1.84. The number of halogens is 2. The van der Waals surface area contributed by atoms with Gasteiger partial charge in [-0.05, 0) is 6.07 Å². The van der Waals surface area contributed by atoms with E-state index in [1.807, 2.05) is 0 Å². The summed E-state index contributed by atoms with van der Waals surface area (Å²) >= 11 is 0. The predicted octanol–water partition coefficient (Wildman–Crippen LogP) is 0.422. The molecule has 3 N–H and O–H groups in total. The molecule has 1 aliphatic heterocycles. The van der Waals surface area contributed by atoms with Crippen LogP contribution in [0, 0.1) is 0 Å². The van der Waals surface area contributed by atoms with E-state index in [0.29, 0.717) is 0 Å². The van der Waals surface area contributed by atoms with Gasteiger partial charge < -0.3 is 15.6 Å². The van der Waals surface area contributed by atoms with E-state index in [2.05, 4.69) is 4.98 Å². The lowest BCUT2D eigenvalue weighted by Crippen LogP contribution is -2.28. The van der Waals surface area contributed by atoms with Crippen molar-refractivity contribution < 1.29 is 18.6 Å². The zero-order valence-corrected chi connectivity index (χ0v) is 9.66. The molecule has 0 bridgehead atoms. The molecular formula is C11H11F2N3O3. The Morgan fingerprint density at radius 1 is 1.47 bits per heavy atom. The first-order chi connectivity index (χ1) is 9.12. The molecule has 1 fully saturated rings. The first-order valence-electron chi connectivity index (χ1n) is 5.34. The number of aliphatic hydroxyl groups is 1. The number of hydrogen-bond donors (Lipinski definition) is 2. The van der Waals surface area contributed by atoms with Crippen LogP contribution in [0.2, 0.25) is 0 Å². The van der Waals surface area contributed by atoms with E-state index in [9.17, 15) is 13.6 Å². The van der Waals surface area contributed by atoms with Gasteiger partial charge in [-0.2, -0.15) is 4.98 Å². The predicted molar refractivity (Wildman–Crippen MR) is 62.3 cm³/mol. The number of ether oxygens (including phenoxy) is 1. The number of hydrogen-bond acceptors (Lipinski definition) is 5. The smallest absolute Gasteiger partial charge is 0.351 e. The summed E-state index contributed by atoms with van der Waals surface area (Å²) in [6, 6.07) is 1.33. The summed E-state index contributed by atoms with van der Waals surface area (Å²) in [6.07, 6.45) is -0.698. The minimum atomic E-state index is -1.19. The van der Waals surface area contributed by atoms with Gasteiger partial charge in [0.25, 0.3) is 0 Å². The Morgan fingerprint density at radius 3 is 2.68 bits per heavy atom. The first-order valence-corrected chi connectivity index (χ1v) is 5.34. The molecule has 2 unspecified atom stereocenters. The highest BCUT2D eigenvalue weighted by Gasteiger charge is 2.37. The van der Waals surface area contributed by atoms with Gasteiger partial charge in [-0.25, -0.2) is 13.6 Å². The molecule has 0 saturated carbocycles. The molecule has 0 amide bonds. The summed E-state index contributed by atoms with van der Waals surface area (Å²) in [5.74, 6) is 0.00462. The van der Waals surface area contributed by atoms with Crippen molar-refractivity contribution in [1.29, 1.82) is 0 Å². The molecule has 0 aromatic carbocycles. The van der Waals surface area contributed by atoms with Crippen molar-refractivity contribution in [2.45, 2.75) is 12.3 Å². The fourth-order valence-corrected chi connectivity index (χ4v) is 1.84. The lowest BCUT2D eigenvalue weighted by Gasteiger charge is -2.14. The maximum atomic E-state index is 12.9. The fraction of sp³-hybridized carbons (Fsp3) is 0.273. The monoisotopic (exact) mass is 271 g/mol. The Balaban J connectivity index is 2.48. The maximum absolute atomic E-state index is 12.9. The van der Waals surface area contributed by atoms with Crippen LogP contribution in [0.5, 0.6) is 0 Å². The number of rotatable bonds is 2. The highest BCUT2D eigenvalue weighted by Crippen LogP contribution is 2.37. The number of nitrogens with two attached hydrogens (primary N) is 1. The zero-order valence-electron chi connectivity index (χ0n) is 9.66. The van der Waals surface area contributed by atoms with Gasteiger partial charge in [0.05, 0.1) is 19.3 Å². The minimum Gasteiger partial charge on any atom is -0.393 e. The van der Waals surface area contributed by atoms with Crippen LogP contribution < -0.4 is 11.4 Å². The van der Waals surface area contributed by atoms with Crippen LogP contribution in [0.1, 0.15) is 6.23 Å². The highest BCUT2D eigenvalue weighted by atomic mass is 19.1. The minimum absolute atomic E-state index is 0.00462. The van der Waals surface area contributed by atoms with Crippen LogP contribution in [-0.2, 0) is 4.74 Å². The number of nitrogens with zero attached hydrogens (tertiary/aromatic N) is 2. The third kappa shape index (κ3) is 2.27. The van der Waals surface area contributed by atoms with Crippen LogP contribution in [0.15, 0.2) is 40.9 Å². The summed E-state index contributed by atoms with van der Waals surface area (Å²) in [7, 11) is 0. The Morgan fingerprint density at radius 2 is 2.16 bits per heavy atom. The van der Waals surface area contributed by atoms with Crippen molar-refractivity contribution in [1.82, 2.24) is 9.55 Å². The second-order valence-electron chi connectivity index (χ2n) is 3.83. The van der Waals surface area contributed by atoms with Crippen molar-refractivity contribution in [2.75, 3.05) is 12.3 Å². The molecule has 0 spiro atoms. The normalized spacial score (nSPS) is 27.3. The van der Waals surface area contributed by atoms with Gasteiger partial charge in [0, 0.05) is 17.3 Å². The maximum Gasteiger partial charge on any atom is 0.351 e. The Bertz CT molecular complexity index is 597. The second-order valence-corrected chi connectivity index (χ2v) is 3.83. The van der Waals surface area contributed by atoms with Crippen molar-refractivity contribution in [3.63, 3.8) is 0 Å². The third-order valence-electron chi connectivity index (χ3n) is 2.74. The summed E-state index contributed by atoms with van der Waals surface area (Å²) in [4.78, 5) is 15.1. The van der Waals surface area contributed by atoms with Crippen molar-refractivity contribution in [3.8, 4) is 0 Å². The van der Waals surface area contributed by atoms with Gasteiger partial charge in [0.1, 0.15) is 11.9 Å². The van der Waals surface area contributed by atoms with E-state index in [0.717, 1.165) is 4.57 Å². The molecular weight excluding hydrogens is 260 g/mol.